The van der Waals surface area contributed by atoms with Gasteiger partial charge in [-0.15, -0.1) is 0 Å². The van der Waals surface area contributed by atoms with E-state index in [4.69, 9.17) is 9.84 Å². The van der Waals surface area contributed by atoms with E-state index in [0.29, 0.717) is 17.9 Å². The highest BCUT2D eigenvalue weighted by Crippen LogP contribution is 2.11. The van der Waals surface area contributed by atoms with Gasteiger partial charge in [-0.3, -0.25) is 4.79 Å². The lowest BCUT2D eigenvalue weighted by molar-refractivity contribution is -0.139. The largest absolute Gasteiger partial charge is 0.480 e. The summed E-state index contributed by atoms with van der Waals surface area (Å²) in [5.41, 5.74) is 0.307. The van der Waals surface area contributed by atoms with Gasteiger partial charge in [0.1, 0.15) is 6.04 Å². The maximum Gasteiger partial charge on any atom is 0.326 e. The molecule has 6 nitrogen and oxygen atoms in total. The van der Waals surface area contributed by atoms with Crippen molar-refractivity contribution in [2.75, 3.05) is 0 Å². The van der Waals surface area contributed by atoms with Gasteiger partial charge in [0.25, 0.3) is 5.91 Å². The number of aromatic nitrogens is 1. The molecule has 0 aliphatic rings. The van der Waals surface area contributed by atoms with Crippen LogP contribution < -0.4 is 10.1 Å². The molecule has 1 heterocycles. The summed E-state index contributed by atoms with van der Waals surface area (Å²) in [7, 11) is 0. The molecular formula is C15H22N2O4. The average Bonchev–Trinajstić information content (AvgIpc) is 2.37. The van der Waals surface area contributed by atoms with Crippen LogP contribution >= 0.6 is 0 Å². The molecule has 0 aliphatic carbocycles. The van der Waals surface area contributed by atoms with Crippen molar-refractivity contribution in [1.29, 1.82) is 0 Å². The number of hydrogen-bond donors (Lipinski definition) is 2. The summed E-state index contributed by atoms with van der Waals surface area (Å²) in [5, 5.41) is 11.6. The third-order valence-electron chi connectivity index (χ3n) is 2.67. The second-order valence-electron chi connectivity index (χ2n) is 5.55. The number of carboxylic acids is 1. The summed E-state index contributed by atoms with van der Waals surface area (Å²) in [6.07, 6.45) is 1.75. The predicted octanol–water partition coefficient (Wildman–Crippen LogP) is 2.10. The van der Waals surface area contributed by atoms with Crippen LogP contribution in [-0.2, 0) is 4.79 Å². The first-order valence-electron chi connectivity index (χ1n) is 6.96. The SMILES string of the molecule is CC(C)CC(NC(=O)c1ccc(OC(C)C)nc1)C(=O)O. The topological polar surface area (TPSA) is 88.5 Å². The molecular weight excluding hydrogens is 272 g/mol. The van der Waals surface area contributed by atoms with Crippen molar-refractivity contribution >= 4 is 11.9 Å². The minimum atomic E-state index is -1.04. The van der Waals surface area contributed by atoms with E-state index in [9.17, 15) is 9.59 Å². The molecule has 1 atom stereocenters. The van der Waals surface area contributed by atoms with Crippen molar-refractivity contribution in [1.82, 2.24) is 10.3 Å². The Kier molecular flexibility index (Phi) is 6.14. The number of carboxylic acid groups (broad SMARTS) is 1. The Labute approximate surface area is 124 Å². The van der Waals surface area contributed by atoms with Gasteiger partial charge in [-0.2, -0.15) is 0 Å². The van der Waals surface area contributed by atoms with Gasteiger partial charge in [-0.25, -0.2) is 9.78 Å². The van der Waals surface area contributed by atoms with E-state index >= 15 is 0 Å². The molecule has 2 N–H and O–H groups in total. The van der Waals surface area contributed by atoms with Crippen LogP contribution in [0.4, 0.5) is 0 Å². The molecule has 0 saturated carbocycles. The van der Waals surface area contributed by atoms with Crippen LogP contribution in [0.1, 0.15) is 44.5 Å². The maximum atomic E-state index is 12.0. The van der Waals surface area contributed by atoms with Crippen molar-refractivity contribution < 1.29 is 19.4 Å². The number of hydrogen-bond acceptors (Lipinski definition) is 4. The van der Waals surface area contributed by atoms with E-state index in [1.807, 2.05) is 27.7 Å². The summed E-state index contributed by atoms with van der Waals surface area (Å²) in [5.74, 6) is -0.888. The fourth-order valence-corrected chi connectivity index (χ4v) is 1.76. The number of carbonyl (C=O) groups excluding carboxylic acids is 1. The summed E-state index contributed by atoms with van der Waals surface area (Å²) in [4.78, 5) is 27.2. The van der Waals surface area contributed by atoms with Crippen LogP contribution in [0.25, 0.3) is 0 Å². The molecule has 1 unspecified atom stereocenters. The lowest BCUT2D eigenvalue weighted by Crippen LogP contribution is -2.41. The molecule has 0 aromatic carbocycles. The van der Waals surface area contributed by atoms with Crippen LogP contribution in [0, 0.1) is 5.92 Å². The zero-order valence-electron chi connectivity index (χ0n) is 12.8. The Morgan fingerprint density at radius 1 is 1.29 bits per heavy atom. The molecule has 1 rings (SSSR count). The molecule has 0 aliphatic heterocycles. The summed E-state index contributed by atoms with van der Waals surface area (Å²) >= 11 is 0. The van der Waals surface area contributed by atoms with Crippen LogP contribution in [0.5, 0.6) is 5.88 Å². The number of nitrogens with zero attached hydrogens (tertiary/aromatic N) is 1. The third-order valence-corrected chi connectivity index (χ3v) is 2.67. The molecule has 1 aromatic heterocycles. The normalized spacial score (nSPS) is 12.3. The molecule has 1 amide bonds. The van der Waals surface area contributed by atoms with Gasteiger partial charge < -0.3 is 15.2 Å². The smallest absolute Gasteiger partial charge is 0.326 e. The maximum absolute atomic E-state index is 12.0. The fraction of sp³-hybridized carbons (Fsp3) is 0.533. The number of aliphatic carboxylic acids is 1. The zero-order valence-corrected chi connectivity index (χ0v) is 12.8. The van der Waals surface area contributed by atoms with Crippen molar-refractivity contribution in [2.45, 2.75) is 46.3 Å². The molecule has 21 heavy (non-hydrogen) atoms. The number of carbonyl (C=O) groups is 2. The fourth-order valence-electron chi connectivity index (χ4n) is 1.76. The number of pyridine rings is 1. The lowest BCUT2D eigenvalue weighted by Gasteiger charge is -2.16. The highest BCUT2D eigenvalue weighted by molar-refractivity contribution is 5.96. The van der Waals surface area contributed by atoms with Crippen molar-refractivity contribution in [3.05, 3.63) is 23.9 Å². The summed E-state index contributed by atoms with van der Waals surface area (Å²) < 4.78 is 5.38. The number of rotatable bonds is 7. The van der Waals surface area contributed by atoms with Crippen LogP contribution in [-0.4, -0.2) is 34.1 Å². The van der Waals surface area contributed by atoms with E-state index in [1.165, 1.54) is 6.20 Å². The van der Waals surface area contributed by atoms with Gasteiger partial charge in [0.2, 0.25) is 5.88 Å². The molecule has 0 radical (unpaired) electrons. The van der Waals surface area contributed by atoms with E-state index in [0.717, 1.165) is 0 Å². The first kappa shape index (κ1) is 16.9. The van der Waals surface area contributed by atoms with Gasteiger partial charge in [0, 0.05) is 12.3 Å². The molecule has 1 aromatic rings. The van der Waals surface area contributed by atoms with E-state index in [1.54, 1.807) is 12.1 Å². The van der Waals surface area contributed by atoms with Gasteiger partial charge in [0.15, 0.2) is 0 Å². The molecule has 0 bridgehead atoms. The molecule has 0 fully saturated rings. The van der Waals surface area contributed by atoms with Crippen molar-refractivity contribution in [2.24, 2.45) is 5.92 Å². The Balaban J connectivity index is 2.71. The number of nitrogens with one attached hydrogen (secondary N) is 1. The first-order chi connectivity index (χ1) is 9.79. The minimum Gasteiger partial charge on any atom is -0.480 e. The monoisotopic (exact) mass is 294 g/mol. The van der Waals surface area contributed by atoms with E-state index in [-0.39, 0.29) is 12.0 Å². The Hall–Kier alpha value is -2.11. The third kappa shape index (κ3) is 5.81. The van der Waals surface area contributed by atoms with Gasteiger partial charge >= 0.3 is 5.97 Å². The highest BCUT2D eigenvalue weighted by Gasteiger charge is 2.21. The Morgan fingerprint density at radius 2 is 1.95 bits per heavy atom. The predicted molar refractivity (Wildman–Crippen MR) is 78.3 cm³/mol. The van der Waals surface area contributed by atoms with Crippen LogP contribution in [0.15, 0.2) is 18.3 Å². The van der Waals surface area contributed by atoms with Crippen molar-refractivity contribution in [3.8, 4) is 5.88 Å². The molecule has 0 spiro atoms. The zero-order chi connectivity index (χ0) is 16.0. The molecule has 0 saturated heterocycles. The Morgan fingerprint density at radius 3 is 2.38 bits per heavy atom. The minimum absolute atomic E-state index is 0.000362. The Bertz CT molecular complexity index is 483. The van der Waals surface area contributed by atoms with Crippen LogP contribution in [0.2, 0.25) is 0 Å². The summed E-state index contributed by atoms with van der Waals surface area (Å²) in [6, 6.07) is 2.26. The van der Waals surface area contributed by atoms with Crippen LogP contribution in [0.3, 0.4) is 0 Å². The van der Waals surface area contributed by atoms with Gasteiger partial charge in [0.05, 0.1) is 11.7 Å². The first-order valence-corrected chi connectivity index (χ1v) is 6.96. The average molecular weight is 294 g/mol. The van der Waals surface area contributed by atoms with Crippen molar-refractivity contribution in [3.63, 3.8) is 0 Å². The number of amides is 1. The van der Waals surface area contributed by atoms with Gasteiger partial charge in [-0.1, -0.05) is 13.8 Å². The summed E-state index contributed by atoms with van der Waals surface area (Å²) in [6.45, 7) is 7.57. The molecule has 6 heteroatoms. The second kappa shape index (κ2) is 7.61. The number of ether oxygens (including phenoxy) is 1. The van der Waals surface area contributed by atoms with E-state index in [2.05, 4.69) is 10.3 Å². The standard InChI is InChI=1S/C15H22N2O4/c1-9(2)7-12(15(19)20)17-14(18)11-5-6-13(16-8-11)21-10(3)4/h5-6,8-10,12H,7H2,1-4H3,(H,17,18)(H,19,20). The molecule has 116 valence electrons. The lowest BCUT2D eigenvalue weighted by atomic mass is 10.0. The second-order valence-corrected chi connectivity index (χ2v) is 5.55. The van der Waals surface area contributed by atoms with Gasteiger partial charge in [-0.05, 0) is 32.3 Å². The quantitative estimate of drug-likeness (QED) is 0.804. The highest BCUT2D eigenvalue weighted by atomic mass is 16.5. The van der Waals surface area contributed by atoms with E-state index < -0.39 is 17.9 Å².